The number of hydrogen-bond donors (Lipinski definition) is 1. The Morgan fingerprint density at radius 3 is 2.50 bits per heavy atom. The molecule has 1 aliphatic heterocycles. The van der Waals surface area contributed by atoms with E-state index in [1.807, 2.05) is 14.1 Å². The standard InChI is InChI=1S/C12H15ClN3O2/c1-16(2)8-14-12(15-16)11(7-17)18-10-5-3-9(13)4-6-10/h3-6,8,11,17H,7H2,1-2H3/q+1. The van der Waals surface area contributed by atoms with Crippen LogP contribution < -0.4 is 4.74 Å². The molecule has 1 atom stereocenters. The third kappa shape index (κ3) is 3.07. The van der Waals surface area contributed by atoms with Gasteiger partial charge in [0.25, 0.3) is 0 Å². The van der Waals surface area contributed by atoms with Crippen molar-refractivity contribution in [2.24, 2.45) is 10.1 Å². The normalized spacial score (nSPS) is 18.6. The van der Waals surface area contributed by atoms with Crippen molar-refractivity contribution in [2.45, 2.75) is 6.10 Å². The zero-order chi connectivity index (χ0) is 13.2. The van der Waals surface area contributed by atoms with Crippen molar-refractivity contribution < 1.29 is 14.4 Å². The second kappa shape index (κ2) is 5.06. The second-order valence-electron chi connectivity index (χ2n) is 4.42. The van der Waals surface area contributed by atoms with Gasteiger partial charge in [-0.15, -0.1) is 0 Å². The summed E-state index contributed by atoms with van der Waals surface area (Å²) in [5, 5.41) is 14.3. The smallest absolute Gasteiger partial charge is 0.232 e. The van der Waals surface area contributed by atoms with Crippen LogP contribution in [0, 0.1) is 0 Å². The van der Waals surface area contributed by atoms with Crippen molar-refractivity contribution in [3.05, 3.63) is 29.3 Å². The van der Waals surface area contributed by atoms with E-state index in [1.54, 1.807) is 30.6 Å². The van der Waals surface area contributed by atoms with E-state index in [1.165, 1.54) is 0 Å². The fourth-order valence-electron chi connectivity index (χ4n) is 1.51. The molecule has 0 saturated carbocycles. The van der Waals surface area contributed by atoms with Crippen molar-refractivity contribution in [2.75, 3.05) is 20.7 Å². The Kier molecular flexibility index (Phi) is 3.65. The predicted molar refractivity (Wildman–Crippen MR) is 71.0 cm³/mol. The Hall–Kier alpha value is -1.43. The van der Waals surface area contributed by atoms with Crippen LogP contribution in [0.2, 0.25) is 5.02 Å². The van der Waals surface area contributed by atoms with Crippen molar-refractivity contribution in [3.8, 4) is 5.75 Å². The third-order valence-corrected chi connectivity index (χ3v) is 2.63. The molecule has 0 saturated heterocycles. The summed E-state index contributed by atoms with van der Waals surface area (Å²) in [5.41, 5.74) is 0. The monoisotopic (exact) mass is 268 g/mol. The average Bonchev–Trinajstić information content (AvgIpc) is 2.69. The van der Waals surface area contributed by atoms with Gasteiger partial charge in [0.2, 0.25) is 12.2 Å². The number of ether oxygens (including phenoxy) is 1. The van der Waals surface area contributed by atoms with Gasteiger partial charge in [-0.25, -0.2) is 0 Å². The number of aliphatic imine (C=N–C) groups is 1. The van der Waals surface area contributed by atoms with Gasteiger partial charge >= 0.3 is 0 Å². The Labute approximate surface area is 111 Å². The van der Waals surface area contributed by atoms with Gasteiger partial charge in [-0.3, -0.25) is 0 Å². The first-order chi connectivity index (χ1) is 8.50. The highest BCUT2D eigenvalue weighted by atomic mass is 35.5. The van der Waals surface area contributed by atoms with Gasteiger partial charge < -0.3 is 9.84 Å². The number of quaternary nitrogens is 1. The van der Waals surface area contributed by atoms with Crippen LogP contribution in [-0.2, 0) is 0 Å². The molecule has 0 aliphatic carbocycles. The highest BCUT2D eigenvalue weighted by Gasteiger charge is 2.28. The zero-order valence-corrected chi connectivity index (χ0v) is 11.0. The van der Waals surface area contributed by atoms with Crippen molar-refractivity contribution in [3.63, 3.8) is 0 Å². The van der Waals surface area contributed by atoms with Gasteiger partial charge in [-0.1, -0.05) is 16.7 Å². The number of nitrogens with zero attached hydrogens (tertiary/aromatic N) is 3. The zero-order valence-electron chi connectivity index (χ0n) is 10.2. The Balaban J connectivity index is 2.11. The van der Waals surface area contributed by atoms with Gasteiger partial charge in [-0.2, -0.15) is 9.58 Å². The summed E-state index contributed by atoms with van der Waals surface area (Å²) in [5.74, 6) is 1.10. The van der Waals surface area contributed by atoms with Gasteiger partial charge in [0.1, 0.15) is 5.75 Å². The number of halogens is 1. The molecule has 0 aromatic heterocycles. The predicted octanol–water partition coefficient (Wildman–Crippen LogP) is 1.51. The SMILES string of the molecule is C[N+]1(C)C=NC(C(CO)Oc2ccc(Cl)cc2)=N1. The second-order valence-corrected chi connectivity index (χ2v) is 4.86. The van der Waals surface area contributed by atoms with E-state index in [0.717, 1.165) is 0 Å². The Morgan fingerprint density at radius 1 is 1.33 bits per heavy atom. The lowest BCUT2D eigenvalue weighted by Gasteiger charge is -2.15. The van der Waals surface area contributed by atoms with Crippen molar-refractivity contribution in [1.82, 2.24) is 0 Å². The summed E-state index contributed by atoms with van der Waals surface area (Å²) in [6.45, 7) is -0.182. The fraction of sp³-hybridized carbons (Fsp3) is 0.333. The number of rotatable bonds is 4. The molecule has 0 spiro atoms. The van der Waals surface area contributed by atoms with Gasteiger partial charge in [0.15, 0.2) is 6.10 Å². The summed E-state index contributed by atoms with van der Waals surface area (Å²) < 4.78 is 5.93. The van der Waals surface area contributed by atoms with Crippen LogP contribution in [0.4, 0.5) is 0 Å². The summed E-state index contributed by atoms with van der Waals surface area (Å²) in [6.07, 6.45) is 1.12. The molecule has 0 fully saturated rings. The molecule has 1 N–H and O–H groups in total. The van der Waals surface area contributed by atoms with Gasteiger partial charge in [-0.05, 0) is 24.3 Å². The quantitative estimate of drug-likeness (QED) is 0.842. The Bertz CT molecular complexity index is 483. The van der Waals surface area contributed by atoms with Crippen molar-refractivity contribution >= 4 is 23.8 Å². The lowest BCUT2D eigenvalue weighted by Crippen LogP contribution is -2.32. The highest BCUT2D eigenvalue weighted by molar-refractivity contribution is 6.30. The largest absolute Gasteiger partial charge is 0.480 e. The molecule has 1 aliphatic rings. The van der Waals surface area contributed by atoms with Crippen LogP contribution in [-0.4, -0.2) is 48.7 Å². The molecule has 6 heteroatoms. The van der Waals surface area contributed by atoms with Crippen LogP contribution in [0.3, 0.4) is 0 Å². The van der Waals surface area contributed by atoms with E-state index in [4.69, 9.17) is 16.3 Å². The minimum Gasteiger partial charge on any atom is -0.480 e. The molecule has 1 unspecified atom stereocenters. The number of aliphatic hydroxyl groups is 1. The van der Waals surface area contributed by atoms with Crippen LogP contribution in [0.15, 0.2) is 34.4 Å². The summed E-state index contributed by atoms with van der Waals surface area (Å²) in [4.78, 5) is 4.16. The first-order valence-corrected chi connectivity index (χ1v) is 5.90. The third-order valence-electron chi connectivity index (χ3n) is 2.38. The molecule has 0 bridgehead atoms. The number of hydrogen-bond acceptors (Lipinski definition) is 4. The minimum absolute atomic E-state index is 0.182. The Morgan fingerprint density at radius 2 is 2.00 bits per heavy atom. The maximum atomic E-state index is 9.36. The molecule has 5 nitrogen and oxygen atoms in total. The van der Waals surface area contributed by atoms with Crippen LogP contribution >= 0.6 is 11.6 Å². The van der Waals surface area contributed by atoms with Crippen molar-refractivity contribution in [1.29, 1.82) is 0 Å². The molecule has 96 valence electrons. The van der Waals surface area contributed by atoms with Crippen LogP contribution in [0.25, 0.3) is 0 Å². The summed E-state index contributed by atoms with van der Waals surface area (Å²) in [6, 6.07) is 6.94. The van der Waals surface area contributed by atoms with E-state index in [-0.39, 0.29) is 6.61 Å². The molecule has 1 aromatic rings. The van der Waals surface area contributed by atoms with E-state index in [0.29, 0.717) is 21.2 Å². The minimum atomic E-state index is -0.567. The molecular weight excluding hydrogens is 254 g/mol. The van der Waals surface area contributed by atoms with Gasteiger partial charge in [0, 0.05) is 5.02 Å². The molecule has 1 aromatic carbocycles. The lowest BCUT2D eigenvalue weighted by atomic mass is 10.3. The number of amidine groups is 1. The van der Waals surface area contributed by atoms with E-state index in [2.05, 4.69) is 10.1 Å². The van der Waals surface area contributed by atoms with Crippen LogP contribution in [0.5, 0.6) is 5.75 Å². The molecule has 0 radical (unpaired) electrons. The maximum absolute atomic E-state index is 9.36. The average molecular weight is 269 g/mol. The molecule has 18 heavy (non-hydrogen) atoms. The lowest BCUT2D eigenvalue weighted by molar-refractivity contribution is -0.796. The van der Waals surface area contributed by atoms with Crippen LogP contribution in [0.1, 0.15) is 0 Å². The summed E-state index contributed by atoms with van der Waals surface area (Å²) >= 11 is 5.79. The molecular formula is C12H15ClN3O2+. The molecule has 1 heterocycles. The van der Waals surface area contributed by atoms with E-state index < -0.39 is 6.10 Å². The van der Waals surface area contributed by atoms with Gasteiger partial charge in [0.05, 0.1) is 20.7 Å². The molecule has 0 amide bonds. The highest BCUT2D eigenvalue weighted by Crippen LogP contribution is 2.18. The van der Waals surface area contributed by atoms with E-state index >= 15 is 0 Å². The fourth-order valence-corrected chi connectivity index (χ4v) is 1.64. The molecule has 2 rings (SSSR count). The topological polar surface area (TPSA) is 54.2 Å². The summed E-state index contributed by atoms with van der Waals surface area (Å²) in [7, 11) is 3.76. The number of aliphatic hydroxyl groups excluding tert-OH is 1. The van der Waals surface area contributed by atoms with E-state index in [9.17, 15) is 5.11 Å². The first kappa shape index (κ1) is 13.0. The number of benzene rings is 1. The first-order valence-electron chi connectivity index (χ1n) is 5.52. The maximum Gasteiger partial charge on any atom is 0.232 e.